The van der Waals surface area contributed by atoms with Crippen molar-refractivity contribution in [2.45, 2.75) is 31.0 Å². The topological polar surface area (TPSA) is 160 Å². The summed E-state index contributed by atoms with van der Waals surface area (Å²) in [4.78, 5) is 21.3. The van der Waals surface area contributed by atoms with Crippen LogP contribution in [0.25, 0.3) is 0 Å². The molecular weight excluding hydrogens is 326 g/mol. The highest BCUT2D eigenvalue weighted by Gasteiger charge is 2.46. The first-order valence-corrected chi connectivity index (χ1v) is 7.09. The number of rotatable bonds is 6. The van der Waals surface area contributed by atoms with Gasteiger partial charge in [-0.1, -0.05) is 12.1 Å². The Hall–Kier alpha value is -2.27. The largest absolute Gasteiger partial charge is 0.481 e. The van der Waals surface area contributed by atoms with E-state index in [0.717, 1.165) is 0 Å². The number of carbonyl (C=O) groups is 1. The number of aliphatic carboxylic acids is 1. The van der Waals surface area contributed by atoms with Gasteiger partial charge in [0.2, 0.25) is 6.29 Å². The van der Waals surface area contributed by atoms with E-state index >= 15 is 0 Å². The predicted octanol–water partition coefficient (Wildman–Crippen LogP) is -0.497. The molecule has 5 atom stereocenters. The Morgan fingerprint density at radius 3 is 2.54 bits per heavy atom. The number of hydrogen-bond acceptors (Lipinski definition) is 8. The Morgan fingerprint density at radius 2 is 1.96 bits per heavy atom. The molecule has 0 aromatic heterocycles. The average Bonchev–Trinajstić information content (AvgIpc) is 2.54. The van der Waals surface area contributed by atoms with E-state index in [1.54, 1.807) is 0 Å². The zero-order valence-electron chi connectivity index (χ0n) is 12.4. The molecule has 1 saturated heterocycles. The molecule has 1 aromatic rings. The molecule has 132 valence electrons. The summed E-state index contributed by atoms with van der Waals surface area (Å²) in [6.45, 7) is -0.644. The SMILES string of the molecule is O=C(O)C[C@H]1[C@@H](Oc2ccccc2[N+](=O)[O-])O[C@H](CO)[C@H](O)[C@@H]1O. The maximum atomic E-state index is 11.0. The Balaban J connectivity index is 2.30. The number of carboxylic acids is 1. The minimum absolute atomic E-state index is 0.178. The number of para-hydroxylation sites is 2. The summed E-state index contributed by atoms with van der Waals surface area (Å²) in [6, 6.07) is 5.40. The van der Waals surface area contributed by atoms with Crippen LogP contribution in [0.5, 0.6) is 5.75 Å². The number of hydrogen-bond donors (Lipinski definition) is 4. The maximum absolute atomic E-state index is 11.0. The summed E-state index contributed by atoms with van der Waals surface area (Å²) in [5.74, 6) is -2.63. The van der Waals surface area contributed by atoms with Crippen LogP contribution in [0.3, 0.4) is 0 Å². The monoisotopic (exact) mass is 343 g/mol. The molecule has 0 amide bonds. The van der Waals surface area contributed by atoms with E-state index in [1.165, 1.54) is 24.3 Å². The van der Waals surface area contributed by atoms with Gasteiger partial charge >= 0.3 is 11.7 Å². The molecule has 0 unspecified atom stereocenters. The quantitative estimate of drug-likeness (QED) is 0.394. The fourth-order valence-corrected chi connectivity index (χ4v) is 2.51. The summed E-state index contributed by atoms with van der Waals surface area (Å²) >= 11 is 0. The van der Waals surface area contributed by atoms with Crippen LogP contribution in [0.1, 0.15) is 6.42 Å². The van der Waals surface area contributed by atoms with Gasteiger partial charge in [-0.25, -0.2) is 0 Å². The lowest BCUT2D eigenvalue weighted by Gasteiger charge is -2.41. The van der Waals surface area contributed by atoms with Crippen molar-refractivity contribution in [3.05, 3.63) is 34.4 Å². The number of benzene rings is 1. The van der Waals surface area contributed by atoms with Crippen molar-refractivity contribution in [1.82, 2.24) is 0 Å². The van der Waals surface area contributed by atoms with Crippen LogP contribution in [0.15, 0.2) is 24.3 Å². The van der Waals surface area contributed by atoms with Gasteiger partial charge in [0, 0.05) is 6.07 Å². The standard InChI is InChI=1S/C14H17NO9/c16-6-10-13(20)12(19)7(5-11(17)18)14(24-10)23-9-4-2-1-3-8(9)15(21)22/h1-4,7,10,12-14,16,19-20H,5-6H2,(H,17,18)/t7-,10-,12-,13+,14+/m1/s1. The Bertz CT molecular complexity index is 608. The molecule has 2 rings (SSSR count). The average molecular weight is 343 g/mol. The van der Waals surface area contributed by atoms with Gasteiger partial charge in [0.15, 0.2) is 5.75 Å². The van der Waals surface area contributed by atoms with Crippen molar-refractivity contribution in [2.24, 2.45) is 5.92 Å². The summed E-state index contributed by atoms with van der Waals surface area (Å²) in [7, 11) is 0. The molecule has 4 N–H and O–H groups in total. The first-order chi connectivity index (χ1) is 11.3. The van der Waals surface area contributed by atoms with Gasteiger partial charge in [-0.15, -0.1) is 0 Å². The van der Waals surface area contributed by atoms with E-state index in [0.29, 0.717) is 0 Å². The minimum Gasteiger partial charge on any atom is -0.481 e. The number of nitrogens with zero attached hydrogens (tertiary/aromatic N) is 1. The number of carboxylic acid groups (broad SMARTS) is 1. The van der Waals surface area contributed by atoms with Crippen molar-refractivity contribution in [1.29, 1.82) is 0 Å². The summed E-state index contributed by atoms with van der Waals surface area (Å²) in [5.41, 5.74) is -0.365. The van der Waals surface area contributed by atoms with E-state index in [1.807, 2.05) is 0 Å². The fraction of sp³-hybridized carbons (Fsp3) is 0.500. The molecule has 1 aromatic carbocycles. The number of aliphatic hydroxyl groups is 3. The first-order valence-electron chi connectivity index (χ1n) is 7.09. The van der Waals surface area contributed by atoms with Gasteiger partial charge in [-0.2, -0.15) is 0 Å². The smallest absolute Gasteiger partial charge is 0.311 e. The van der Waals surface area contributed by atoms with E-state index in [2.05, 4.69) is 0 Å². The molecule has 0 bridgehead atoms. The van der Waals surface area contributed by atoms with Crippen LogP contribution in [-0.4, -0.2) is 62.5 Å². The Labute approximate surface area is 136 Å². The van der Waals surface area contributed by atoms with Crippen molar-refractivity contribution >= 4 is 11.7 Å². The van der Waals surface area contributed by atoms with E-state index in [4.69, 9.17) is 14.6 Å². The Kier molecular flexibility index (Phi) is 5.67. The van der Waals surface area contributed by atoms with Crippen LogP contribution >= 0.6 is 0 Å². The minimum atomic E-state index is -1.54. The molecule has 0 saturated carbocycles. The molecular formula is C14H17NO9. The molecule has 10 nitrogen and oxygen atoms in total. The predicted molar refractivity (Wildman–Crippen MR) is 77.2 cm³/mol. The summed E-state index contributed by atoms with van der Waals surface area (Å²) in [6.07, 6.45) is -6.25. The maximum Gasteiger partial charge on any atom is 0.311 e. The third kappa shape index (κ3) is 3.79. The second-order valence-electron chi connectivity index (χ2n) is 5.31. The van der Waals surface area contributed by atoms with Crippen LogP contribution < -0.4 is 4.74 Å². The normalized spacial score (nSPS) is 29.9. The van der Waals surface area contributed by atoms with Crippen LogP contribution in [0.4, 0.5) is 5.69 Å². The van der Waals surface area contributed by atoms with E-state index in [9.17, 15) is 30.2 Å². The van der Waals surface area contributed by atoms with Crippen molar-refractivity contribution < 1.29 is 39.6 Å². The van der Waals surface area contributed by atoms with E-state index in [-0.39, 0.29) is 11.4 Å². The van der Waals surface area contributed by atoms with Gasteiger partial charge in [0.05, 0.1) is 30.0 Å². The Morgan fingerprint density at radius 1 is 1.29 bits per heavy atom. The lowest BCUT2D eigenvalue weighted by Crippen LogP contribution is -2.57. The highest BCUT2D eigenvalue weighted by atomic mass is 16.7. The van der Waals surface area contributed by atoms with Gasteiger partial charge in [-0.05, 0) is 6.07 Å². The molecule has 0 aliphatic carbocycles. The highest BCUT2D eigenvalue weighted by Crippen LogP contribution is 2.34. The molecule has 10 heteroatoms. The molecule has 24 heavy (non-hydrogen) atoms. The van der Waals surface area contributed by atoms with Crippen LogP contribution in [-0.2, 0) is 9.53 Å². The molecule has 1 fully saturated rings. The van der Waals surface area contributed by atoms with Gasteiger partial charge < -0.3 is 29.9 Å². The fourth-order valence-electron chi connectivity index (χ4n) is 2.51. The zero-order valence-corrected chi connectivity index (χ0v) is 12.4. The molecule has 1 heterocycles. The highest BCUT2D eigenvalue weighted by molar-refractivity contribution is 5.67. The number of aliphatic hydroxyl groups excluding tert-OH is 3. The molecule has 1 aliphatic heterocycles. The summed E-state index contributed by atoms with van der Waals surface area (Å²) in [5, 5.41) is 49.1. The van der Waals surface area contributed by atoms with Gasteiger partial charge in [-0.3, -0.25) is 14.9 Å². The van der Waals surface area contributed by atoms with Crippen molar-refractivity contribution in [3.8, 4) is 5.75 Å². The zero-order chi connectivity index (χ0) is 17.9. The second-order valence-corrected chi connectivity index (χ2v) is 5.31. The van der Waals surface area contributed by atoms with Crippen molar-refractivity contribution in [2.75, 3.05) is 6.61 Å². The third-order valence-electron chi connectivity index (χ3n) is 3.72. The molecule has 1 aliphatic rings. The van der Waals surface area contributed by atoms with Gasteiger partial charge in [0.25, 0.3) is 0 Å². The van der Waals surface area contributed by atoms with Gasteiger partial charge in [0.1, 0.15) is 12.2 Å². The summed E-state index contributed by atoms with van der Waals surface area (Å²) < 4.78 is 10.7. The number of nitro benzene ring substituents is 1. The first kappa shape index (κ1) is 18.1. The van der Waals surface area contributed by atoms with E-state index < -0.39 is 54.4 Å². The lowest BCUT2D eigenvalue weighted by atomic mass is 9.88. The number of nitro groups is 1. The number of ether oxygens (including phenoxy) is 2. The van der Waals surface area contributed by atoms with Crippen LogP contribution in [0, 0.1) is 16.0 Å². The second kappa shape index (κ2) is 7.53. The molecule has 0 spiro atoms. The third-order valence-corrected chi connectivity index (χ3v) is 3.72. The van der Waals surface area contributed by atoms with Crippen molar-refractivity contribution in [3.63, 3.8) is 0 Å². The van der Waals surface area contributed by atoms with Crippen LogP contribution in [0.2, 0.25) is 0 Å². The molecule has 0 radical (unpaired) electrons. The lowest BCUT2D eigenvalue weighted by molar-refractivity contribution is -0.387.